The molecule has 0 radical (unpaired) electrons. The second kappa shape index (κ2) is 2.09. The zero-order chi connectivity index (χ0) is 5.21. The van der Waals surface area contributed by atoms with E-state index in [9.17, 15) is 0 Å². The molecule has 0 aliphatic heterocycles. The van der Waals surface area contributed by atoms with Gasteiger partial charge in [-0.1, -0.05) is 0 Å². The van der Waals surface area contributed by atoms with Crippen LogP contribution in [0.25, 0.3) is 0 Å². The van der Waals surface area contributed by atoms with Gasteiger partial charge in [0, 0.05) is 0 Å². The summed E-state index contributed by atoms with van der Waals surface area (Å²) in [6.45, 7) is 0. The van der Waals surface area contributed by atoms with Crippen LogP contribution in [0, 0.1) is 0 Å². The van der Waals surface area contributed by atoms with Crippen molar-refractivity contribution in [3.05, 3.63) is 0 Å². The van der Waals surface area contributed by atoms with Gasteiger partial charge in [0.25, 0.3) is 0 Å². The van der Waals surface area contributed by atoms with Crippen molar-refractivity contribution >= 4 is 23.3 Å². The van der Waals surface area contributed by atoms with Crippen molar-refractivity contribution in [2.75, 3.05) is 7.11 Å². The molecule has 0 saturated carbocycles. The van der Waals surface area contributed by atoms with Crippen LogP contribution in [0.3, 0.4) is 0 Å². The predicted octanol–water partition coefficient (Wildman–Crippen LogP) is -0.750. The third-order valence-corrected chi connectivity index (χ3v) is 2.01. The quantitative estimate of drug-likeness (QED) is 0.511. The van der Waals surface area contributed by atoms with Gasteiger partial charge < -0.3 is 0 Å². The fraction of sp³-hybridized carbons (Fsp3) is 1.00. The fourth-order valence-corrected chi connectivity index (χ4v) is 0. The molecule has 0 aromatic heterocycles. The van der Waals surface area contributed by atoms with Crippen molar-refractivity contribution in [1.29, 1.82) is 0 Å². The second-order valence-electron chi connectivity index (χ2n) is 0.673. The first-order valence-electron chi connectivity index (χ1n) is 1.17. The van der Waals surface area contributed by atoms with Crippen molar-refractivity contribution in [1.82, 2.24) is 0 Å². The van der Waals surface area contributed by atoms with Crippen LogP contribution in [-0.4, -0.2) is 28.2 Å². The van der Waals surface area contributed by atoms with Crippen molar-refractivity contribution in [3.63, 3.8) is 0 Å². The fourth-order valence-electron chi connectivity index (χ4n) is 0. The van der Waals surface area contributed by atoms with Crippen LogP contribution < -0.4 is 0 Å². The molecule has 0 saturated heterocycles. The summed E-state index contributed by atoms with van der Waals surface area (Å²) in [5.74, 6) is 0. The summed E-state index contributed by atoms with van der Waals surface area (Å²) in [5.41, 5.74) is 0. The Labute approximate surface area is 42.8 Å². The molecular formula is CH5AsO3S. The van der Waals surface area contributed by atoms with Crippen LogP contribution in [-0.2, 0) is 3.73 Å². The van der Waals surface area contributed by atoms with Crippen molar-refractivity contribution in [2.24, 2.45) is 0 Å². The molecule has 0 aliphatic rings. The van der Waals surface area contributed by atoms with E-state index in [2.05, 4.69) is 14.1 Å². The molecule has 6 heavy (non-hydrogen) atoms. The van der Waals surface area contributed by atoms with Crippen molar-refractivity contribution in [2.45, 2.75) is 0 Å². The first-order chi connectivity index (χ1) is 2.56. The summed E-state index contributed by atoms with van der Waals surface area (Å²) >= 11 is -3.83. The molecule has 0 rings (SSSR count). The molecule has 0 fully saturated rings. The van der Waals surface area contributed by atoms with Gasteiger partial charge in [0.2, 0.25) is 0 Å². The Hall–Kier alpha value is 0.658. The van der Waals surface area contributed by atoms with Gasteiger partial charge in [-0.25, -0.2) is 0 Å². The number of hydrogen-bond acceptors (Lipinski definition) is 2. The molecule has 2 N–H and O–H groups in total. The summed E-state index contributed by atoms with van der Waals surface area (Å²) < 4.78 is 20.3. The molecule has 0 spiro atoms. The van der Waals surface area contributed by atoms with E-state index in [0.717, 1.165) is 0 Å². The van der Waals surface area contributed by atoms with E-state index in [1.165, 1.54) is 7.11 Å². The standard InChI is InChI=1S/CH5AsO3S/c1-5-2(3,4)6/h1H3,(H2,3,4,6). The van der Waals surface area contributed by atoms with E-state index in [1.54, 1.807) is 0 Å². The van der Waals surface area contributed by atoms with Gasteiger partial charge >= 0.3 is 42.3 Å². The summed E-state index contributed by atoms with van der Waals surface area (Å²) in [6, 6.07) is 0. The van der Waals surface area contributed by atoms with E-state index in [0.29, 0.717) is 0 Å². The average Bonchev–Trinajstić information content (AvgIpc) is 1.35. The molecule has 0 aliphatic carbocycles. The third kappa shape index (κ3) is 4.66. The first-order valence-corrected chi connectivity index (χ1v) is 6.28. The van der Waals surface area contributed by atoms with Crippen LogP contribution in [0.4, 0.5) is 0 Å². The van der Waals surface area contributed by atoms with E-state index in [-0.39, 0.29) is 0 Å². The van der Waals surface area contributed by atoms with Crippen LogP contribution in [0.1, 0.15) is 0 Å². The molecule has 5 heteroatoms. The SMILES string of the molecule is CO[As](O)(O)=S. The van der Waals surface area contributed by atoms with Crippen molar-refractivity contribution in [3.8, 4) is 0 Å². The minimum atomic E-state index is -3.83. The zero-order valence-corrected chi connectivity index (χ0v) is 5.85. The van der Waals surface area contributed by atoms with E-state index < -0.39 is 12.9 Å². The van der Waals surface area contributed by atoms with Gasteiger partial charge in [0.1, 0.15) is 0 Å². The summed E-state index contributed by atoms with van der Waals surface area (Å²) in [5, 5.41) is 0. The van der Waals surface area contributed by atoms with Gasteiger partial charge in [0.15, 0.2) is 0 Å². The molecule has 0 heterocycles. The van der Waals surface area contributed by atoms with E-state index in [4.69, 9.17) is 8.19 Å². The van der Waals surface area contributed by atoms with Crippen LogP contribution in [0.15, 0.2) is 0 Å². The zero-order valence-electron chi connectivity index (χ0n) is 3.16. The monoisotopic (exact) mass is 172 g/mol. The third-order valence-electron chi connectivity index (χ3n) is 0.238. The maximum atomic E-state index is 8.15. The Balaban J connectivity index is 3.48. The molecule has 0 atom stereocenters. The molecule has 0 aromatic carbocycles. The summed E-state index contributed by atoms with van der Waals surface area (Å²) in [7, 11) is 5.23. The van der Waals surface area contributed by atoms with Crippen LogP contribution in [0.5, 0.6) is 0 Å². The molecule has 0 unspecified atom stereocenters. The number of rotatable bonds is 1. The van der Waals surface area contributed by atoms with Crippen LogP contribution in [0.2, 0.25) is 0 Å². The normalized spacial score (nSPS) is 11.8. The van der Waals surface area contributed by atoms with Gasteiger partial charge in [0.05, 0.1) is 0 Å². The van der Waals surface area contributed by atoms with Gasteiger partial charge in [-0.15, -0.1) is 0 Å². The maximum absolute atomic E-state index is 8.15. The predicted molar refractivity (Wildman–Crippen MR) is 24.8 cm³/mol. The van der Waals surface area contributed by atoms with Gasteiger partial charge in [-0.05, 0) is 0 Å². The second-order valence-corrected chi connectivity index (χ2v) is 5.97. The Morgan fingerprint density at radius 3 is 1.83 bits per heavy atom. The molecule has 0 amide bonds. The summed E-state index contributed by atoms with van der Waals surface area (Å²) in [4.78, 5) is 0. The molecule has 38 valence electrons. The van der Waals surface area contributed by atoms with Gasteiger partial charge in [-0.3, -0.25) is 0 Å². The van der Waals surface area contributed by atoms with E-state index in [1.807, 2.05) is 0 Å². The Morgan fingerprint density at radius 1 is 1.67 bits per heavy atom. The Morgan fingerprint density at radius 2 is 1.83 bits per heavy atom. The molecule has 3 nitrogen and oxygen atoms in total. The van der Waals surface area contributed by atoms with E-state index >= 15 is 0 Å². The first kappa shape index (κ1) is 6.66. The summed E-state index contributed by atoms with van der Waals surface area (Å²) in [6.07, 6.45) is 0. The molecule has 0 bridgehead atoms. The van der Waals surface area contributed by atoms with Gasteiger partial charge in [-0.2, -0.15) is 0 Å². The average molecular weight is 172 g/mol. The Bertz CT molecular complexity index is 74.9. The molecule has 0 aromatic rings. The number of hydrogen-bond donors (Lipinski definition) is 2. The Kier molecular flexibility index (Phi) is 2.32. The van der Waals surface area contributed by atoms with Crippen LogP contribution >= 0.6 is 10.4 Å². The minimum absolute atomic E-state index is 1.18. The topological polar surface area (TPSA) is 49.7 Å². The molecular weight excluding hydrogens is 167 g/mol. The van der Waals surface area contributed by atoms with Crippen molar-refractivity contribution < 1.29 is 11.9 Å².